The fourth-order valence-electron chi connectivity index (χ4n) is 1.43. The molecule has 0 unspecified atom stereocenters. The van der Waals surface area contributed by atoms with E-state index in [4.69, 9.17) is 4.74 Å². The molecule has 0 spiro atoms. The number of nitrogens with zero attached hydrogens (tertiary/aromatic N) is 1. The van der Waals surface area contributed by atoms with Crippen LogP contribution in [0.25, 0.3) is 0 Å². The third kappa shape index (κ3) is 4.51. The monoisotopic (exact) mass is 282 g/mol. The largest absolute Gasteiger partial charge is 0.501 e. The molecule has 1 rings (SSSR count). The van der Waals surface area contributed by atoms with Crippen LogP contribution in [0.15, 0.2) is 16.9 Å². The number of ether oxygens (including phenoxy) is 2. The van der Waals surface area contributed by atoms with Gasteiger partial charge in [0.2, 0.25) is 5.75 Å². The highest BCUT2D eigenvalue weighted by Crippen LogP contribution is 2.09. The summed E-state index contributed by atoms with van der Waals surface area (Å²) < 4.78 is 9.75. The quantitative estimate of drug-likeness (QED) is 0.435. The first kappa shape index (κ1) is 15.9. The number of allylic oxidation sites excluding steroid dienone is 1. The molecule has 1 aromatic heterocycles. The summed E-state index contributed by atoms with van der Waals surface area (Å²) in [5.41, 5.74) is -1.17. The van der Waals surface area contributed by atoms with Crippen LogP contribution in [0.1, 0.15) is 29.7 Å². The Hall–Kier alpha value is -2.15. The van der Waals surface area contributed by atoms with Gasteiger partial charge in [0.05, 0.1) is 20.3 Å². The maximum Gasteiger partial charge on any atom is 0.360 e. The molecule has 0 aliphatic heterocycles. The molecule has 20 heavy (non-hydrogen) atoms. The maximum atomic E-state index is 11.4. The Morgan fingerprint density at radius 2 is 2.20 bits per heavy atom. The summed E-state index contributed by atoms with van der Waals surface area (Å²) >= 11 is 0. The minimum atomic E-state index is -0.860. The lowest BCUT2D eigenvalue weighted by atomic mass is 10.3. The van der Waals surface area contributed by atoms with Crippen molar-refractivity contribution in [2.75, 3.05) is 20.3 Å². The predicted molar refractivity (Wildman–Crippen MR) is 71.8 cm³/mol. The molecule has 0 bridgehead atoms. The summed E-state index contributed by atoms with van der Waals surface area (Å²) in [7, 11) is 1.15. The van der Waals surface area contributed by atoms with Crippen LogP contribution in [0.5, 0.6) is 5.75 Å². The van der Waals surface area contributed by atoms with E-state index in [0.29, 0.717) is 19.6 Å². The highest BCUT2D eigenvalue weighted by atomic mass is 16.5. The molecule has 0 saturated carbocycles. The molecule has 0 aromatic carbocycles. The Morgan fingerprint density at radius 1 is 1.45 bits per heavy atom. The summed E-state index contributed by atoms with van der Waals surface area (Å²) in [6.07, 6.45) is 5.14. The van der Waals surface area contributed by atoms with E-state index in [9.17, 15) is 14.7 Å². The molecule has 0 saturated heterocycles. The standard InChI is InChI=1S/C13H18N2O5/c1-3-4-5-7-20-8-6-9-14-10(13(18)19-2)11(16)12(17)15-9/h4-5,16H,3,6-8H2,1-2H3,(H,14,15,17). The van der Waals surface area contributed by atoms with Gasteiger partial charge in [-0.25, -0.2) is 9.78 Å². The van der Waals surface area contributed by atoms with Gasteiger partial charge in [-0.05, 0) is 6.42 Å². The van der Waals surface area contributed by atoms with Crippen molar-refractivity contribution in [2.45, 2.75) is 19.8 Å². The minimum Gasteiger partial charge on any atom is -0.501 e. The number of esters is 1. The number of hydrogen-bond donors (Lipinski definition) is 2. The van der Waals surface area contributed by atoms with Crippen molar-refractivity contribution < 1.29 is 19.4 Å². The second kappa shape index (κ2) is 8.11. The van der Waals surface area contributed by atoms with Gasteiger partial charge >= 0.3 is 5.97 Å². The molecule has 0 atom stereocenters. The van der Waals surface area contributed by atoms with Crippen molar-refractivity contribution in [1.82, 2.24) is 9.97 Å². The van der Waals surface area contributed by atoms with Gasteiger partial charge in [-0.2, -0.15) is 0 Å². The normalized spacial score (nSPS) is 10.9. The molecule has 1 aromatic rings. The lowest BCUT2D eigenvalue weighted by molar-refractivity contribution is 0.0589. The van der Waals surface area contributed by atoms with Gasteiger partial charge < -0.3 is 19.6 Å². The Balaban J connectivity index is 2.67. The van der Waals surface area contributed by atoms with Crippen molar-refractivity contribution >= 4 is 5.97 Å². The van der Waals surface area contributed by atoms with Crippen LogP contribution < -0.4 is 5.56 Å². The second-order valence-corrected chi connectivity index (χ2v) is 3.91. The van der Waals surface area contributed by atoms with Gasteiger partial charge in [-0.1, -0.05) is 19.1 Å². The first-order valence-corrected chi connectivity index (χ1v) is 6.23. The zero-order valence-corrected chi connectivity index (χ0v) is 11.5. The van der Waals surface area contributed by atoms with Gasteiger partial charge in [0.25, 0.3) is 5.56 Å². The fraction of sp³-hybridized carbons (Fsp3) is 0.462. The van der Waals surface area contributed by atoms with Crippen LogP contribution >= 0.6 is 0 Å². The van der Waals surface area contributed by atoms with Crippen molar-refractivity contribution in [2.24, 2.45) is 0 Å². The highest BCUT2D eigenvalue weighted by molar-refractivity contribution is 5.89. The molecule has 0 aliphatic rings. The number of rotatable bonds is 7. The van der Waals surface area contributed by atoms with Crippen LogP contribution in [-0.2, 0) is 15.9 Å². The molecule has 0 aliphatic carbocycles. The Morgan fingerprint density at radius 3 is 2.85 bits per heavy atom. The molecule has 1 heterocycles. The topological polar surface area (TPSA) is 102 Å². The first-order chi connectivity index (χ1) is 9.60. The SMILES string of the molecule is CCC=CCOCCc1nc(C(=O)OC)c(O)c(=O)[nH]1. The van der Waals surface area contributed by atoms with Crippen LogP contribution in [0.4, 0.5) is 0 Å². The van der Waals surface area contributed by atoms with Crippen molar-refractivity contribution in [3.63, 3.8) is 0 Å². The summed E-state index contributed by atoms with van der Waals surface area (Å²) in [6, 6.07) is 0. The number of carbonyl (C=O) groups excluding carboxylic acids is 1. The van der Waals surface area contributed by atoms with Gasteiger partial charge in [0.1, 0.15) is 5.82 Å². The smallest absolute Gasteiger partial charge is 0.360 e. The number of nitrogens with one attached hydrogen (secondary N) is 1. The average Bonchev–Trinajstić information content (AvgIpc) is 2.45. The second-order valence-electron chi connectivity index (χ2n) is 3.91. The fourth-order valence-corrected chi connectivity index (χ4v) is 1.43. The van der Waals surface area contributed by atoms with E-state index >= 15 is 0 Å². The third-order valence-corrected chi connectivity index (χ3v) is 2.42. The van der Waals surface area contributed by atoms with E-state index in [0.717, 1.165) is 13.5 Å². The van der Waals surface area contributed by atoms with E-state index in [-0.39, 0.29) is 5.82 Å². The van der Waals surface area contributed by atoms with Gasteiger partial charge in [0, 0.05) is 6.42 Å². The van der Waals surface area contributed by atoms with E-state index in [1.54, 1.807) is 0 Å². The number of aromatic amines is 1. The Kier molecular flexibility index (Phi) is 6.45. The molecule has 0 fully saturated rings. The van der Waals surface area contributed by atoms with Crippen molar-refractivity contribution in [1.29, 1.82) is 0 Å². The minimum absolute atomic E-state index is 0.257. The first-order valence-electron chi connectivity index (χ1n) is 6.23. The van der Waals surface area contributed by atoms with Crippen molar-refractivity contribution in [3.8, 4) is 5.75 Å². The summed E-state index contributed by atoms with van der Waals surface area (Å²) in [4.78, 5) is 29.0. The Bertz CT molecular complexity index is 536. The number of carbonyl (C=O) groups is 1. The summed E-state index contributed by atoms with van der Waals surface area (Å²) in [6.45, 7) is 2.83. The van der Waals surface area contributed by atoms with E-state index in [1.165, 1.54) is 0 Å². The molecule has 110 valence electrons. The maximum absolute atomic E-state index is 11.4. The van der Waals surface area contributed by atoms with E-state index in [1.807, 2.05) is 19.1 Å². The predicted octanol–water partition coefficient (Wildman–Crippen LogP) is 0.787. The highest BCUT2D eigenvalue weighted by Gasteiger charge is 2.18. The van der Waals surface area contributed by atoms with Gasteiger partial charge in [-0.15, -0.1) is 0 Å². The van der Waals surface area contributed by atoms with Crippen LogP contribution in [0, 0.1) is 0 Å². The summed E-state index contributed by atoms with van der Waals surface area (Å²) in [5, 5.41) is 9.44. The summed E-state index contributed by atoms with van der Waals surface area (Å²) in [5.74, 6) is -1.35. The lowest BCUT2D eigenvalue weighted by Crippen LogP contribution is -2.18. The third-order valence-electron chi connectivity index (χ3n) is 2.42. The zero-order chi connectivity index (χ0) is 15.0. The number of aromatic hydroxyl groups is 1. The molecular formula is C13H18N2O5. The zero-order valence-electron chi connectivity index (χ0n) is 11.5. The molecule has 0 amide bonds. The van der Waals surface area contributed by atoms with Crippen molar-refractivity contribution in [3.05, 3.63) is 34.0 Å². The molecule has 7 nitrogen and oxygen atoms in total. The van der Waals surface area contributed by atoms with Crippen LogP contribution in [0.2, 0.25) is 0 Å². The molecule has 2 N–H and O–H groups in total. The molecular weight excluding hydrogens is 264 g/mol. The number of aromatic nitrogens is 2. The van der Waals surface area contributed by atoms with Gasteiger partial charge in [-0.3, -0.25) is 4.79 Å². The van der Waals surface area contributed by atoms with E-state index < -0.39 is 23.0 Å². The molecule has 7 heteroatoms. The lowest BCUT2D eigenvalue weighted by Gasteiger charge is -2.05. The van der Waals surface area contributed by atoms with Crippen LogP contribution in [-0.4, -0.2) is 41.4 Å². The number of methoxy groups -OCH3 is 1. The number of H-pyrrole nitrogens is 1. The Labute approximate surface area is 116 Å². The average molecular weight is 282 g/mol. The number of hydrogen-bond acceptors (Lipinski definition) is 6. The molecule has 0 radical (unpaired) electrons. The van der Waals surface area contributed by atoms with Gasteiger partial charge in [0.15, 0.2) is 5.69 Å². The van der Waals surface area contributed by atoms with E-state index in [2.05, 4.69) is 14.7 Å². The van der Waals surface area contributed by atoms with Crippen LogP contribution in [0.3, 0.4) is 0 Å².